The molecule has 5 heteroatoms. The third-order valence-electron chi connectivity index (χ3n) is 5.50. The Morgan fingerprint density at radius 3 is 2.60 bits per heavy atom. The van der Waals surface area contributed by atoms with Crippen molar-refractivity contribution in [3.63, 3.8) is 0 Å². The molecular formula is C20H33IN4. The molecule has 1 saturated carbocycles. The first-order chi connectivity index (χ1) is 11.7. The van der Waals surface area contributed by atoms with Gasteiger partial charge in [-0.25, -0.2) is 4.99 Å². The topological polar surface area (TPSA) is 53.6 Å². The van der Waals surface area contributed by atoms with Crippen LogP contribution in [0, 0.1) is 11.8 Å². The molecule has 25 heavy (non-hydrogen) atoms. The Morgan fingerprint density at radius 1 is 1.20 bits per heavy atom. The second-order valence-corrected chi connectivity index (χ2v) is 7.66. The smallest absolute Gasteiger partial charge is 0.188 e. The van der Waals surface area contributed by atoms with Gasteiger partial charge in [0.25, 0.3) is 0 Å². The van der Waals surface area contributed by atoms with Gasteiger partial charge in [0.05, 0.1) is 6.54 Å². The minimum absolute atomic E-state index is 0. The fraction of sp³-hybridized carbons (Fsp3) is 0.650. The van der Waals surface area contributed by atoms with Gasteiger partial charge in [0, 0.05) is 13.1 Å². The summed E-state index contributed by atoms with van der Waals surface area (Å²) in [6.45, 7) is 7.50. The maximum atomic E-state index is 5.98. The van der Waals surface area contributed by atoms with Gasteiger partial charge in [0.15, 0.2) is 5.96 Å². The summed E-state index contributed by atoms with van der Waals surface area (Å²) in [6, 6.07) is 8.79. The summed E-state index contributed by atoms with van der Waals surface area (Å²) in [7, 11) is 0. The molecule has 2 fully saturated rings. The molecule has 1 heterocycles. The molecule has 1 aliphatic carbocycles. The number of halogens is 1. The number of guanidine groups is 1. The van der Waals surface area contributed by atoms with Crippen molar-refractivity contribution in [1.82, 2.24) is 10.2 Å². The van der Waals surface area contributed by atoms with Gasteiger partial charge < -0.3 is 11.1 Å². The zero-order valence-electron chi connectivity index (χ0n) is 15.4. The van der Waals surface area contributed by atoms with Crippen molar-refractivity contribution in [3.05, 3.63) is 35.4 Å². The van der Waals surface area contributed by atoms with Crippen LogP contribution in [0.15, 0.2) is 29.3 Å². The van der Waals surface area contributed by atoms with Crippen LogP contribution in [0.5, 0.6) is 0 Å². The van der Waals surface area contributed by atoms with Gasteiger partial charge >= 0.3 is 0 Å². The number of nitrogens with one attached hydrogen (secondary N) is 1. The van der Waals surface area contributed by atoms with Crippen LogP contribution in [0.4, 0.5) is 0 Å². The van der Waals surface area contributed by atoms with E-state index in [1.54, 1.807) is 0 Å². The summed E-state index contributed by atoms with van der Waals surface area (Å²) in [5.41, 5.74) is 8.61. The summed E-state index contributed by atoms with van der Waals surface area (Å²) in [5.74, 6) is 2.27. The molecule has 0 bridgehead atoms. The van der Waals surface area contributed by atoms with Gasteiger partial charge in [-0.15, -0.1) is 24.0 Å². The van der Waals surface area contributed by atoms with E-state index < -0.39 is 0 Å². The van der Waals surface area contributed by atoms with Crippen LogP contribution >= 0.6 is 24.0 Å². The highest BCUT2D eigenvalue weighted by molar-refractivity contribution is 14.0. The molecule has 1 aliphatic heterocycles. The van der Waals surface area contributed by atoms with Crippen LogP contribution in [-0.4, -0.2) is 30.5 Å². The molecule has 3 N–H and O–H groups in total. The molecule has 0 radical (unpaired) electrons. The average Bonchev–Trinajstić information content (AvgIpc) is 2.54. The minimum atomic E-state index is 0. The predicted octanol–water partition coefficient (Wildman–Crippen LogP) is 3.74. The van der Waals surface area contributed by atoms with E-state index in [0.29, 0.717) is 12.5 Å². The van der Waals surface area contributed by atoms with Gasteiger partial charge in [-0.05, 0) is 61.7 Å². The predicted molar refractivity (Wildman–Crippen MR) is 116 cm³/mol. The lowest BCUT2D eigenvalue weighted by molar-refractivity contribution is 0.185. The van der Waals surface area contributed by atoms with Gasteiger partial charge in [-0.1, -0.05) is 37.6 Å². The molecule has 0 atom stereocenters. The van der Waals surface area contributed by atoms with E-state index in [2.05, 4.69) is 46.4 Å². The summed E-state index contributed by atoms with van der Waals surface area (Å²) in [5, 5.41) is 3.26. The molecule has 140 valence electrons. The number of aliphatic imine (C=N–C) groups is 1. The maximum Gasteiger partial charge on any atom is 0.188 e. The Labute approximate surface area is 169 Å². The minimum Gasteiger partial charge on any atom is -0.370 e. The van der Waals surface area contributed by atoms with E-state index in [-0.39, 0.29) is 24.0 Å². The number of likely N-dealkylation sites (tertiary alicyclic amines) is 1. The summed E-state index contributed by atoms with van der Waals surface area (Å²) >= 11 is 0. The van der Waals surface area contributed by atoms with Crippen LogP contribution in [0.1, 0.15) is 50.2 Å². The maximum absolute atomic E-state index is 5.98. The van der Waals surface area contributed by atoms with E-state index in [0.717, 1.165) is 24.9 Å². The molecular weight excluding hydrogens is 423 g/mol. The van der Waals surface area contributed by atoms with Crippen molar-refractivity contribution in [1.29, 1.82) is 0 Å². The first-order valence-electron chi connectivity index (χ1n) is 9.53. The highest BCUT2D eigenvalue weighted by Gasteiger charge is 2.17. The lowest BCUT2D eigenvalue weighted by Gasteiger charge is -2.30. The van der Waals surface area contributed by atoms with Crippen LogP contribution in [0.25, 0.3) is 0 Å². The van der Waals surface area contributed by atoms with E-state index >= 15 is 0 Å². The van der Waals surface area contributed by atoms with E-state index in [4.69, 9.17) is 5.73 Å². The summed E-state index contributed by atoms with van der Waals surface area (Å²) in [4.78, 5) is 7.06. The molecule has 3 rings (SSSR count). The first kappa shape index (κ1) is 20.5. The monoisotopic (exact) mass is 456 g/mol. The van der Waals surface area contributed by atoms with Crippen LogP contribution in [0.3, 0.4) is 0 Å². The third kappa shape index (κ3) is 6.77. The van der Waals surface area contributed by atoms with E-state index in [1.165, 1.54) is 56.3 Å². The zero-order valence-corrected chi connectivity index (χ0v) is 17.7. The number of piperidine rings is 1. The number of nitrogens with two attached hydrogens (primary N) is 1. The Balaban J connectivity index is 0.00000225. The standard InChI is InChI=1S/C20H32N4.HI/c1-16-8-10-24(11-9-16)15-19-7-3-6-18(12-19)14-23-20(21)22-13-17-4-2-5-17;/h3,6-7,12,16-17H,2,4-5,8-11,13-15H2,1H3,(H3,21,22,23);1H. The zero-order chi connectivity index (χ0) is 16.8. The molecule has 0 amide bonds. The van der Waals surface area contributed by atoms with Gasteiger partial charge in [0.1, 0.15) is 0 Å². The lowest BCUT2D eigenvalue weighted by atomic mass is 9.85. The summed E-state index contributed by atoms with van der Waals surface area (Å²) < 4.78 is 0. The van der Waals surface area contributed by atoms with Crippen molar-refractivity contribution < 1.29 is 0 Å². The van der Waals surface area contributed by atoms with Crippen LogP contribution in [-0.2, 0) is 13.1 Å². The molecule has 1 saturated heterocycles. The Bertz CT molecular complexity index is 548. The van der Waals surface area contributed by atoms with Crippen LogP contribution in [0.2, 0.25) is 0 Å². The highest BCUT2D eigenvalue weighted by Crippen LogP contribution is 2.25. The molecule has 1 aromatic carbocycles. The third-order valence-corrected chi connectivity index (χ3v) is 5.50. The molecule has 1 aromatic rings. The van der Waals surface area contributed by atoms with Crippen molar-refractivity contribution in [3.8, 4) is 0 Å². The second kappa shape index (κ2) is 10.4. The van der Waals surface area contributed by atoms with Gasteiger partial charge in [-0.3, -0.25) is 4.90 Å². The van der Waals surface area contributed by atoms with E-state index in [1.807, 2.05) is 0 Å². The number of rotatable bonds is 6. The Hall–Kier alpha value is -0.820. The van der Waals surface area contributed by atoms with Gasteiger partial charge in [0.2, 0.25) is 0 Å². The molecule has 2 aliphatic rings. The summed E-state index contributed by atoms with van der Waals surface area (Å²) in [6.07, 6.45) is 6.68. The van der Waals surface area contributed by atoms with Crippen molar-refractivity contribution in [2.75, 3.05) is 19.6 Å². The Morgan fingerprint density at radius 2 is 1.92 bits per heavy atom. The largest absolute Gasteiger partial charge is 0.370 e. The fourth-order valence-electron chi connectivity index (χ4n) is 3.48. The first-order valence-corrected chi connectivity index (χ1v) is 9.53. The second-order valence-electron chi connectivity index (χ2n) is 7.66. The Kier molecular flexibility index (Phi) is 8.49. The normalized spacial score (nSPS) is 20.0. The van der Waals surface area contributed by atoms with Gasteiger partial charge in [-0.2, -0.15) is 0 Å². The molecule has 0 aromatic heterocycles. The van der Waals surface area contributed by atoms with Crippen LogP contribution < -0.4 is 11.1 Å². The number of benzene rings is 1. The van der Waals surface area contributed by atoms with E-state index in [9.17, 15) is 0 Å². The number of hydrogen-bond donors (Lipinski definition) is 2. The SMILES string of the molecule is CC1CCN(Cc2cccc(CN=C(N)NCC3CCC3)c2)CC1.I. The van der Waals surface area contributed by atoms with Crippen molar-refractivity contribution in [2.45, 2.75) is 52.1 Å². The highest BCUT2D eigenvalue weighted by atomic mass is 127. The quantitative estimate of drug-likeness (QED) is 0.390. The number of hydrogen-bond acceptors (Lipinski definition) is 2. The fourth-order valence-corrected chi connectivity index (χ4v) is 3.48. The lowest BCUT2D eigenvalue weighted by Crippen LogP contribution is -2.37. The molecule has 0 unspecified atom stereocenters. The molecule has 4 nitrogen and oxygen atoms in total. The molecule has 0 spiro atoms. The number of nitrogens with zero attached hydrogens (tertiary/aromatic N) is 2. The average molecular weight is 456 g/mol. The van der Waals surface area contributed by atoms with Crippen molar-refractivity contribution in [2.24, 2.45) is 22.6 Å². The van der Waals surface area contributed by atoms with Crippen molar-refractivity contribution >= 4 is 29.9 Å².